The number of anilines is 2. The molecule has 0 fully saturated rings. The van der Waals surface area contributed by atoms with Crippen molar-refractivity contribution in [3.05, 3.63) is 83.7 Å². The first-order valence-electron chi connectivity index (χ1n) is 10.3. The van der Waals surface area contributed by atoms with Gasteiger partial charge in [0.15, 0.2) is 5.82 Å². The van der Waals surface area contributed by atoms with E-state index in [0.717, 1.165) is 34.1 Å². The quantitative estimate of drug-likeness (QED) is 0.419. The van der Waals surface area contributed by atoms with Crippen molar-refractivity contribution in [2.75, 3.05) is 10.6 Å². The second-order valence-corrected chi connectivity index (χ2v) is 7.74. The standard InChI is InChI=1S/C25H25N5O2/c1-16-12-17(2)14-23(13-16)32-22-10-8-20(9-11-22)26-25(31)27-21-7-5-6-19(15-21)24-29-28-18(3)30(24)4/h5-15H,1-4H3,(H2,26,27,31). The third-order valence-corrected chi connectivity index (χ3v) is 5.01. The molecule has 0 saturated heterocycles. The van der Waals surface area contributed by atoms with E-state index in [1.807, 2.05) is 80.9 Å². The summed E-state index contributed by atoms with van der Waals surface area (Å²) in [5, 5.41) is 14.0. The van der Waals surface area contributed by atoms with Gasteiger partial charge in [0.2, 0.25) is 0 Å². The summed E-state index contributed by atoms with van der Waals surface area (Å²) in [6.45, 7) is 5.97. The van der Waals surface area contributed by atoms with Crippen molar-refractivity contribution in [1.82, 2.24) is 14.8 Å². The molecule has 162 valence electrons. The predicted octanol–water partition coefficient (Wildman–Crippen LogP) is 5.84. The largest absolute Gasteiger partial charge is 0.457 e. The fourth-order valence-electron chi connectivity index (χ4n) is 3.42. The van der Waals surface area contributed by atoms with Crippen LogP contribution < -0.4 is 15.4 Å². The van der Waals surface area contributed by atoms with Crippen LogP contribution in [0.3, 0.4) is 0 Å². The highest BCUT2D eigenvalue weighted by atomic mass is 16.5. The number of aromatic nitrogens is 3. The van der Waals surface area contributed by atoms with Gasteiger partial charge in [-0.25, -0.2) is 4.79 Å². The molecule has 3 aromatic carbocycles. The number of hydrogen-bond donors (Lipinski definition) is 2. The Labute approximate surface area is 187 Å². The lowest BCUT2D eigenvalue weighted by Crippen LogP contribution is -2.19. The topological polar surface area (TPSA) is 81.1 Å². The van der Waals surface area contributed by atoms with Crippen LogP contribution in [-0.2, 0) is 7.05 Å². The number of benzene rings is 3. The van der Waals surface area contributed by atoms with Gasteiger partial charge in [-0.15, -0.1) is 10.2 Å². The van der Waals surface area contributed by atoms with Crippen LogP contribution in [-0.4, -0.2) is 20.8 Å². The number of aryl methyl sites for hydroxylation is 3. The smallest absolute Gasteiger partial charge is 0.323 e. The Balaban J connectivity index is 1.39. The van der Waals surface area contributed by atoms with Crippen LogP contribution in [0.4, 0.5) is 16.2 Å². The van der Waals surface area contributed by atoms with Crippen LogP contribution in [0, 0.1) is 20.8 Å². The number of rotatable bonds is 5. The monoisotopic (exact) mass is 427 g/mol. The first kappa shape index (κ1) is 21.1. The molecule has 7 heteroatoms. The summed E-state index contributed by atoms with van der Waals surface area (Å²) in [6, 6.07) is 20.5. The summed E-state index contributed by atoms with van der Waals surface area (Å²) in [6.07, 6.45) is 0. The number of urea groups is 1. The third kappa shape index (κ3) is 4.95. The molecule has 32 heavy (non-hydrogen) atoms. The molecular weight excluding hydrogens is 402 g/mol. The molecule has 0 atom stereocenters. The van der Waals surface area contributed by atoms with E-state index in [1.54, 1.807) is 12.1 Å². The highest BCUT2D eigenvalue weighted by Crippen LogP contribution is 2.25. The Morgan fingerprint density at radius 1 is 0.812 bits per heavy atom. The van der Waals surface area contributed by atoms with Crippen LogP contribution in [0.1, 0.15) is 17.0 Å². The lowest BCUT2D eigenvalue weighted by Gasteiger charge is -2.11. The predicted molar refractivity (Wildman–Crippen MR) is 126 cm³/mol. The average Bonchev–Trinajstić information content (AvgIpc) is 3.07. The third-order valence-electron chi connectivity index (χ3n) is 5.01. The van der Waals surface area contributed by atoms with Gasteiger partial charge in [0.05, 0.1) is 0 Å². The molecule has 2 N–H and O–H groups in total. The Morgan fingerprint density at radius 3 is 2.16 bits per heavy atom. The van der Waals surface area contributed by atoms with E-state index >= 15 is 0 Å². The van der Waals surface area contributed by atoms with Gasteiger partial charge in [-0.2, -0.15) is 0 Å². The molecule has 1 heterocycles. The zero-order valence-electron chi connectivity index (χ0n) is 18.5. The number of nitrogens with one attached hydrogen (secondary N) is 2. The van der Waals surface area contributed by atoms with Crippen molar-refractivity contribution >= 4 is 17.4 Å². The maximum absolute atomic E-state index is 12.5. The summed E-state index contributed by atoms with van der Waals surface area (Å²) >= 11 is 0. The SMILES string of the molecule is Cc1cc(C)cc(Oc2ccc(NC(=O)Nc3cccc(-c4nnc(C)n4C)c3)cc2)c1. The molecule has 0 spiro atoms. The summed E-state index contributed by atoms with van der Waals surface area (Å²) in [5.74, 6) is 3.05. The Bertz CT molecular complexity index is 1240. The van der Waals surface area contributed by atoms with Gasteiger partial charge in [-0.3, -0.25) is 0 Å². The van der Waals surface area contributed by atoms with Crippen LogP contribution in [0.5, 0.6) is 11.5 Å². The lowest BCUT2D eigenvalue weighted by atomic mass is 10.1. The molecule has 4 rings (SSSR count). The number of carbonyl (C=O) groups excluding carboxylic acids is 1. The number of amides is 2. The fourth-order valence-corrected chi connectivity index (χ4v) is 3.42. The Morgan fingerprint density at radius 2 is 1.50 bits per heavy atom. The van der Waals surface area contributed by atoms with E-state index in [1.165, 1.54) is 0 Å². The zero-order chi connectivity index (χ0) is 22.7. The molecule has 0 saturated carbocycles. The number of hydrogen-bond acceptors (Lipinski definition) is 4. The summed E-state index contributed by atoms with van der Waals surface area (Å²) in [4.78, 5) is 12.5. The van der Waals surface area contributed by atoms with Gasteiger partial charge in [0, 0.05) is 24.0 Å². The van der Waals surface area contributed by atoms with Crippen molar-refractivity contribution in [1.29, 1.82) is 0 Å². The summed E-state index contributed by atoms with van der Waals surface area (Å²) in [5.41, 5.74) is 4.49. The minimum Gasteiger partial charge on any atom is -0.457 e. The van der Waals surface area contributed by atoms with Gasteiger partial charge < -0.3 is 19.9 Å². The molecule has 0 unspecified atom stereocenters. The highest BCUT2D eigenvalue weighted by molar-refractivity contribution is 6.00. The van der Waals surface area contributed by atoms with Gasteiger partial charge >= 0.3 is 6.03 Å². The molecule has 2 amide bonds. The van der Waals surface area contributed by atoms with Crippen molar-refractivity contribution in [3.8, 4) is 22.9 Å². The Hall–Kier alpha value is -4.13. The molecule has 1 aromatic heterocycles. The number of carbonyl (C=O) groups is 1. The molecular formula is C25H25N5O2. The highest BCUT2D eigenvalue weighted by Gasteiger charge is 2.10. The molecule has 4 aromatic rings. The van der Waals surface area contributed by atoms with Gasteiger partial charge in [-0.05, 0) is 80.4 Å². The second-order valence-electron chi connectivity index (χ2n) is 7.74. The van der Waals surface area contributed by atoms with E-state index in [-0.39, 0.29) is 6.03 Å². The van der Waals surface area contributed by atoms with Gasteiger partial charge in [0.25, 0.3) is 0 Å². The maximum Gasteiger partial charge on any atom is 0.323 e. The minimum absolute atomic E-state index is 0.334. The van der Waals surface area contributed by atoms with Gasteiger partial charge in [0.1, 0.15) is 17.3 Å². The van der Waals surface area contributed by atoms with Gasteiger partial charge in [-0.1, -0.05) is 18.2 Å². The first-order chi connectivity index (χ1) is 15.4. The second kappa shape index (κ2) is 8.93. The zero-order valence-corrected chi connectivity index (χ0v) is 18.5. The van der Waals surface area contributed by atoms with Crippen LogP contribution >= 0.6 is 0 Å². The summed E-state index contributed by atoms with van der Waals surface area (Å²) in [7, 11) is 1.91. The van der Waals surface area contributed by atoms with Crippen molar-refractivity contribution < 1.29 is 9.53 Å². The van der Waals surface area contributed by atoms with Crippen molar-refractivity contribution in [3.63, 3.8) is 0 Å². The van der Waals surface area contributed by atoms with E-state index in [9.17, 15) is 4.79 Å². The van der Waals surface area contributed by atoms with E-state index in [4.69, 9.17) is 4.74 Å². The summed E-state index contributed by atoms with van der Waals surface area (Å²) < 4.78 is 7.82. The van der Waals surface area contributed by atoms with Crippen molar-refractivity contribution in [2.24, 2.45) is 7.05 Å². The number of ether oxygens (including phenoxy) is 1. The van der Waals surface area contributed by atoms with Crippen molar-refractivity contribution in [2.45, 2.75) is 20.8 Å². The van der Waals surface area contributed by atoms with E-state index in [2.05, 4.69) is 26.9 Å². The number of nitrogens with zero attached hydrogens (tertiary/aromatic N) is 3. The fraction of sp³-hybridized carbons (Fsp3) is 0.160. The molecule has 0 aliphatic heterocycles. The molecule has 7 nitrogen and oxygen atoms in total. The normalized spacial score (nSPS) is 10.6. The Kier molecular flexibility index (Phi) is 5.89. The van der Waals surface area contributed by atoms with Crippen LogP contribution in [0.25, 0.3) is 11.4 Å². The average molecular weight is 428 g/mol. The molecule has 0 aliphatic carbocycles. The minimum atomic E-state index is -0.334. The molecule has 0 radical (unpaired) electrons. The van der Waals surface area contributed by atoms with E-state index in [0.29, 0.717) is 17.1 Å². The maximum atomic E-state index is 12.5. The van der Waals surface area contributed by atoms with Crippen LogP contribution in [0.2, 0.25) is 0 Å². The van der Waals surface area contributed by atoms with E-state index < -0.39 is 0 Å². The first-order valence-corrected chi connectivity index (χ1v) is 10.3. The molecule has 0 aliphatic rings. The van der Waals surface area contributed by atoms with Crippen LogP contribution in [0.15, 0.2) is 66.7 Å². The molecule has 0 bridgehead atoms. The lowest BCUT2D eigenvalue weighted by molar-refractivity contribution is 0.262.